The van der Waals surface area contributed by atoms with Gasteiger partial charge in [-0.3, -0.25) is 0 Å². The topological polar surface area (TPSA) is 77.0 Å². The lowest BCUT2D eigenvalue weighted by Crippen LogP contribution is -2.37. The molecule has 198 valence electrons. The highest BCUT2D eigenvalue weighted by atomic mass is 16.6. The largest absolute Gasteiger partial charge is 0.447 e. The normalized spacial score (nSPS) is 13.1. The van der Waals surface area contributed by atoms with Gasteiger partial charge in [0.2, 0.25) is 0 Å². The number of hydrogen-bond acceptors (Lipinski definition) is 5. The molecule has 2 unspecified atom stereocenters. The van der Waals surface area contributed by atoms with Crippen LogP contribution in [0.3, 0.4) is 0 Å². The molecule has 0 rings (SSSR count). The lowest BCUT2D eigenvalue weighted by molar-refractivity contribution is -0.0255. The summed E-state index contributed by atoms with van der Waals surface area (Å²) >= 11 is 0. The smallest absolute Gasteiger partial charge is 0.407 e. The van der Waals surface area contributed by atoms with Crippen LogP contribution in [0.1, 0.15) is 123 Å². The van der Waals surface area contributed by atoms with Gasteiger partial charge in [0.15, 0.2) is 0 Å². The molecule has 33 heavy (non-hydrogen) atoms. The third-order valence-electron chi connectivity index (χ3n) is 6.21. The first kappa shape index (κ1) is 32.1. The third-order valence-corrected chi connectivity index (χ3v) is 6.21. The van der Waals surface area contributed by atoms with Gasteiger partial charge in [0, 0.05) is 26.4 Å². The van der Waals surface area contributed by atoms with Crippen molar-refractivity contribution in [3.63, 3.8) is 0 Å². The fraction of sp³-hybridized carbons (Fsp3) is 0.963. The maximum Gasteiger partial charge on any atom is 0.407 e. The van der Waals surface area contributed by atoms with Crippen molar-refractivity contribution < 1.29 is 24.1 Å². The number of aliphatic hydroxyl groups excluding tert-OH is 1. The minimum Gasteiger partial charge on any atom is -0.447 e. The fourth-order valence-electron chi connectivity index (χ4n) is 3.88. The van der Waals surface area contributed by atoms with Gasteiger partial charge in [-0.1, -0.05) is 97.3 Å². The molecule has 0 saturated carbocycles. The Bertz CT molecular complexity index is 408. The van der Waals surface area contributed by atoms with Crippen LogP contribution in [0.5, 0.6) is 0 Å². The Morgan fingerprint density at radius 1 is 0.788 bits per heavy atom. The molecule has 0 aliphatic carbocycles. The summed E-state index contributed by atoms with van der Waals surface area (Å²) in [4.78, 5) is 12.1. The predicted molar refractivity (Wildman–Crippen MR) is 137 cm³/mol. The number of methoxy groups -OCH3 is 1. The van der Waals surface area contributed by atoms with Gasteiger partial charge in [0.25, 0.3) is 0 Å². The Labute approximate surface area is 204 Å². The van der Waals surface area contributed by atoms with Gasteiger partial charge in [-0.25, -0.2) is 4.79 Å². The molecule has 0 aromatic rings. The second-order valence-corrected chi connectivity index (χ2v) is 9.24. The van der Waals surface area contributed by atoms with E-state index in [4.69, 9.17) is 19.3 Å². The van der Waals surface area contributed by atoms with Crippen molar-refractivity contribution in [2.75, 3.05) is 33.5 Å². The molecular weight excluding hydrogens is 418 g/mol. The molecule has 2 atom stereocenters. The lowest BCUT2D eigenvalue weighted by atomic mass is 10.0. The summed E-state index contributed by atoms with van der Waals surface area (Å²) in [6, 6.07) is 0.168. The summed E-state index contributed by atoms with van der Waals surface area (Å²) in [5.41, 5.74) is 0. The first-order valence-electron chi connectivity index (χ1n) is 13.8. The number of amides is 1. The molecule has 0 aliphatic heterocycles. The lowest BCUT2D eigenvalue weighted by Gasteiger charge is -2.19. The number of nitrogens with one attached hydrogen (secondary N) is 1. The number of carbonyl (C=O) groups is 1. The summed E-state index contributed by atoms with van der Waals surface area (Å²) in [6.07, 6.45) is 20.4. The van der Waals surface area contributed by atoms with Crippen molar-refractivity contribution in [2.45, 2.75) is 135 Å². The van der Waals surface area contributed by atoms with E-state index in [1.165, 1.54) is 77.0 Å². The van der Waals surface area contributed by atoms with E-state index in [2.05, 4.69) is 19.2 Å². The van der Waals surface area contributed by atoms with Gasteiger partial charge in [-0.2, -0.15) is 0 Å². The van der Waals surface area contributed by atoms with Crippen LogP contribution in [0.25, 0.3) is 0 Å². The molecule has 6 nitrogen and oxygen atoms in total. The molecule has 0 fully saturated rings. The van der Waals surface area contributed by atoms with E-state index < -0.39 is 0 Å². The maximum atomic E-state index is 12.1. The second-order valence-electron chi connectivity index (χ2n) is 9.24. The molecule has 0 radical (unpaired) electrons. The zero-order chi connectivity index (χ0) is 24.4. The quantitative estimate of drug-likeness (QED) is 0.143. The molecule has 0 bridgehead atoms. The van der Waals surface area contributed by atoms with E-state index in [9.17, 15) is 4.79 Å². The SMILES string of the molecule is CCCCCCCCCCCCCCCC(CC)NC(=O)OCC(COCCCCO)OC. The number of hydrogen-bond donors (Lipinski definition) is 2. The van der Waals surface area contributed by atoms with E-state index in [1.54, 1.807) is 7.11 Å². The van der Waals surface area contributed by atoms with Crippen LogP contribution in [0.15, 0.2) is 0 Å². The molecule has 0 aliphatic rings. The highest BCUT2D eigenvalue weighted by molar-refractivity contribution is 5.67. The van der Waals surface area contributed by atoms with Crippen LogP contribution in [-0.2, 0) is 14.2 Å². The van der Waals surface area contributed by atoms with Crippen LogP contribution in [0.2, 0.25) is 0 Å². The highest BCUT2D eigenvalue weighted by Crippen LogP contribution is 2.14. The van der Waals surface area contributed by atoms with Gasteiger partial charge in [0.1, 0.15) is 12.7 Å². The maximum absolute atomic E-state index is 12.1. The summed E-state index contributed by atoms with van der Waals surface area (Å²) < 4.78 is 16.1. The number of ether oxygens (including phenoxy) is 3. The van der Waals surface area contributed by atoms with Gasteiger partial charge in [0.05, 0.1) is 6.61 Å². The van der Waals surface area contributed by atoms with Crippen LogP contribution in [0, 0.1) is 0 Å². The van der Waals surface area contributed by atoms with Crippen molar-refractivity contribution in [2.24, 2.45) is 0 Å². The standard InChI is InChI=1S/C27H55NO5/c1-4-6-7-8-9-10-11-12-13-14-15-16-17-20-25(5-2)28-27(30)33-24-26(31-3)23-32-22-19-18-21-29/h25-26,29H,4-24H2,1-3H3,(H,28,30). The monoisotopic (exact) mass is 473 g/mol. The van der Waals surface area contributed by atoms with E-state index in [0.717, 1.165) is 32.1 Å². The van der Waals surface area contributed by atoms with Gasteiger partial charge in [-0.15, -0.1) is 0 Å². The summed E-state index contributed by atoms with van der Waals surface area (Å²) in [5.74, 6) is 0. The molecule has 0 aromatic heterocycles. The number of aliphatic hydroxyl groups is 1. The molecule has 0 aromatic carbocycles. The van der Waals surface area contributed by atoms with E-state index in [0.29, 0.717) is 13.2 Å². The van der Waals surface area contributed by atoms with Crippen molar-refractivity contribution in [3.8, 4) is 0 Å². The number of alkyl carbamates (subject to hydrolysis) is 1. The zero-order valence-corrected chi connectivity index (χ0v) is 22.1. The number of unbranched alkanes of at least 4 members (excludes halogenated alkanes) is 13. The average molecular weight is 474 g/mol. The van der Waals surface area contributed by atoms with Gasteiger partial charge in [-0.05, 0) is 25.7 Å². The molecule has 0 heterocycles. The number of carbonyl (C=O) groups excluding carboxylic acids is 1. The zero-order valence-electron chi connectivity index (χ0n) is 22.1. The predicted octanol–water partition coefficient (Wildman–Crippen LogP) is 6.78. The first-order valence-corrected chi connectivity index (χ1v) is 13.8. The Morgan fingerprint density at radius 3 is 1.88 bits per heavy atom. The molecule has 0 spiro atoms. The third kappa shape index (κ3) is 22.7. The van der Waals surface area contributed by atoms with Crippen LogP contribution in [0.4, 0.5) is 4.79 Å². The fourth-order valence-corrected chi connectivity index (χ4v) is 3.88. The Morgan fingerprint density at radius 2 is 1.36 bits per heavy atom. The summed E-state index contributed by atoms with van der Waals surface area (Å²) in [6.45, 7) is 5.68. The van der Waals surface area contributed by atoms with E-state index in [-0.39, 0.29) is 31.5 Å². The van der Waals surface area contributed by atoms with E-state index >= 15 is 0 Å². The summed E-state index contributed by atoms with van der Waals surface area (Å²) in [5, 5.41) is 11.8. The van der Waals surface area contributed by atoms with E-state index in [1.807, 2.05) is 0 Å². The molecule has 0 saturated heterocycles. The van der Waals surface area contributed by atoms with Crippen molar-refractivity contribution in [1.82, 2.24) is 5.32 Å². The highest BCUT2D eigenvalue weighted by Gasteiger charge is 2.14. The van der Waals surface area contributed by atoms with Gasteiger partial charge >= 0.3 is 6.09 Å². The number of rotatable bonds is 25. The first-order chi connectivity index (χ1) is 16.2. The van der Waals surface area contributed by atoms with Gasteiger partial charge < -0.3 is 24.6 Å². The Kier molecular flexibility index (Phi) is 25.1. The molecular formula is C27H55NO5. The molecule has 1 amide bonds. The molecule has 2 N–H and O–H groups in total. The van der Waals surface area contributed by atoms with Crippen LogP contribution < -0.4 is 5.32 Å². The average Bonchev–Trinajstić information content (AvgIpc) is 2.82. The Balaban J connectivity index is 3.65. The molecule has 6 heteroatoms. The minimum absolute atomic E-state index is 0.168. The second kappa shape index (κ2) is 25.8. The van der Waals surface area contributed by atoms with Crippen molar-refractivity contribution in [1.29, 1.82) is 0 Å². The summed E-state index contributed by atoms with van der Waals surface area (Å²) in [7, 11) is 1.59. The minimum atomic E-state index is -0.376. The van der Waals surface area contributed by atoms with Crippen LogP contribution in [-0.4, -0.2) is 56.9 Å². The van der Waals surface area contributed by atoms with Crippen molar-refractivity contribution >= 4 is 6.09 Å². The van der Waals surface area contributed by atoms with Crippen LogP contribution >= 0.6 is 0 Å². The Hall–Kier alpha value is -0.850. The van der Waals surface area contributed by atoms with Crippen molar-refractivity contribution in [3.05, 3.63) is 0 Å².